The number of carbonyl (C=O) groups is 1. The van der Waals surface area contributed by atoms with Crippen LogP contribution >= 0.6 is 0 Å². The van der Waals surface area contributed by atoms with Gasteiger partial charge in [0.2, 0.25) is 5.89 Å². The smallest absolute Gasteiger partial charge is 0.317 e. The largest absolute Gasteiger partial charge is 0.381 e. The van der Waals surface area contributed by atoms with E-state index >= 15 is 0 Å². The van der Waals surface area contributed by atoms with Crippen LogP contribution in [0.25, 0.3) is 0 Å². The Hall–Kier alpha value is -2.41. The van der Waals surface area contributed by atoms with E-state index in [0.717, 1.165) is 70.1 Å². The van der Waals surface area contributed by atoms with E-state index in [9.17, 15) is 4.79 Å². The number of nitrogens with zero attached hydrogens (tertiary/aromatic N) is 3. The standard InChI is InChI=1S/C21H28N4O3/c26-21(22-11-6-16-4-2-1-3-5-16)25-12-7-18(8-13-25)20-23-19(24-28-20)17-9-14-27-15-10-17/h1-5,17-18H,6-15H2,(H,22,26). The molecule has 0 saturated carbocycles. The van der Waals surface area contributed by atoms with Crippen LogP contribution in [0.2, 0.25) is 0 Å². The van der Waals surface area contributed by atoms with Gasteiger partial charge in [0.15, 0.2) is 5.82 Å². The van der Waals surface area contributed by atoms with Gasteiger partial charge in [-0.05, 0) is 37.7 Å². The lowest BCUT2D eigenvalue weighted by atomic mass is 9.96. The fourth-order valence-corrected chi connectivity index (χ4v) is 3.93. The van der Waals surface area contributed by atoms with Crippen LogP contribution in [0.4, 0.5) is 4.79 Å². The first-order chi connectivity index (χ1) is 13.8. The molecule has 0 unspecified atom stereocenters. The lowest BCUT2D eigenvalue weighted by Crippen LogP contribution is -2.44. The van der Waals surface area contributed by atoms with Crippen molar-refractivity contribution in [3.63, 3.8) is 0 Å². The summed E-state index contributed by atoms with van der Waals surface area (Å²) in [5, 5.41) is 7.23. The SMILES string of the molecule is O=C(NCCc1ccccc1)N1CCC(c2nc(C3CCOCC3)no2)CC1. The zero-order valence-corrected chi connectivity index (χ0v) is 16.2. The van der Waals surface area contributed by atoms with Crippen molar-refractivity contribution in [2.45, 2.75) is 43.9 Å². The average molecular weight is 384 g/mol. The van der Waals surface area contributed by atoms with Crippen molar-refractivity contribution in [3.05, 3.63) is 47.6 Å². The monoisotopic (exact) mass is 384 g/mol. The maximum Gasteiger partial charge on any atom is 0.317 e. The number of rotatable bonds is 5. The number of urea groups is 1. The van der Waals surface area contributed by atoms with Crippen LogP contribution in [0.15, 0.2) is 34.9 Å². The molecule has 1 aromatic carbocycles. The fourth-order valence-electron chi connectivity index (χ4n) is 3.93. The molecule has 28 heavy (non-hydrogen) atoms. The summed E-state index contributed by atoms with van der Waals surface area (Å²) < 4.78 is 10.9. The van der Waals surface area contributed by atoms with Gasteiger partial charge in [0.25, 0.3) is 0 Å². The van der Waals surface area contributed by atoms with E-state index in [4.69, 9.17) is 9.26 Å². The predicted octanol–water partition coefficient (Wildman–Crippen LogP) is 3.10. The molecule has 2 aromatic rings. The summed E-state index contributed by atoms with van der Waals surface area (Å²) in [4.78, 5) is 18.9. The minimum absolute atomic E-state index is 0.0165. The minimum atomic E-state index is 0.0165. The first-order valence-corrected chi connectivity index (χ1v) is 10.3. The van der Waals surface area contributed by atoms with Crippen molar-refractivity contribution in [3.8, 4) is 0 Å². The van der Waals surface area contributed by atoms with E-state index in [0.29, 0.717) is 12.5 Å². The van der Waals surface area contributed by atoms with Crippen molar-refractivity contribution >= 4 is 6.03 Å². The molecule has 1 aromatic heterocycles. The van der Waals surface area contributed by atoms with Crippen molar-refractivity contribution in [2.75, 3.05) is 32.8 Å². The highest BCUT2D eigenvalue weighted by Gasteiger charge is 2.29. The van der Waals surface area contributed by atoms with E-state index in [1.54, 1.807) is 0 Å². The molecule has 2 amide bonds. The van der Waals surface area contributed by atoms with E-state index in [1.807, 2.05) is 23.1 Å². The fraction of sp³-hybridized carbons (Fsp3) is 0.571. The summed E-state index contributed by atoms with van der Waals surface area (Å²) in [6, 6.07) is 10.2. The Bertz CT molecular complexity index is 750. The second kappa shape index (κ2) is 9.19. The van der Waals surface area contributed by atoms with Crippen LogP contribution in [0.5, 0.6) is 0 Å². The van der Waals surface area contributed by atoms with Crippen molar-refractivity contribution in [2.24, 2.45) is 0 Å². The van der Waals surface area contributed by atoms with Crippen molar-refractivity contribution < 1.29 is 14.1 Å². The van der Waals surface area contributed by atoms with Crippen LogP contribution in [-0.2, 0) is 11.2 Å². The topological polar surface area (TPSA) is 80.5 Å². The van der Waals surface area contributed by atoms with E-state index in [2.05, 4.69) is 27.6 Å². The summed E-state index contributed by atoms with van der Waals surface area (Å²) in [6.07, 6.45) is 4.49. The lowest BCUT2D eigenvalue weighted by molar-refractivity contribution is 0.0830. The Kier molecular flexibility index (Phi) is 6.21. The molecular formula is C21H28N4O3. The number of aromatic nitrogens is 2. The minimum Gasteiger partial charge on any atom is -0.381 e. The number of carbonyl (C=O) groups excluding carboxylic acids is 1. The van der Waals surface area contributed by atoms with Gasteiger partial charge >= 0.3 is 6.03 Å². The van der Waals surface area contributed by atoms with E-state index in [1.165, 1.54) is 5.56 Å². The quantitative estimate of drug-likeness (QED) is 0.857. The third-order valence-corrected chi connectivity index (χ3v) is 5.71. The average Bonchev–Trinajstić information content (AvgIpc) is 3.25. The van der Waals surface area contributed by atoms with Crippen LogP contribution in [-0.4, -0.2) is 53.9 Å². The lowest BCUT2D eigenvalue weighted by Gasteiger charge is -2.30. The summed E-state index contributed by atoms with van der Waals surface area (Å²) in [6.45, 7) is 3.63. The number of likely N-dealkylation sites (tertiary alicyclic amines) is 1. The zero-order valence-electron chi connectivity index (χ0n) is 16.2. The molecule has 7 nitrogen and oxygen atoms in total. The molecule has 2 fully saturated rings. The van der Waals surface area contributed by atoms with Gasteiger partial charge in [0.05, 0.1) is 0 Å². The Labute approximate surface area is 165 Å². The number of nitrogens with one attached hydrogen (secondary N) is 1. The molecule has 0 spiro atoms. The maximum absolute atomic E-state index is 12.4. The van der Waals surface area contributed by atoms with Gasteiger partial charge in [-0.15, -0.1) is 0 Å². The van der Waals surface area contributed by atoms with E-state index in [-0.39, 0.29) is 11.9 Å². The number of piperidine rings is 1. The Morgan fingerprint density at radius 1 is 1.07 bits per heavy atom. The molecule has 7 heteroatoms. The highest BCUT2D eigenvalue weighted by molar-refractivity contribution is 5.74. The second-order valence-corrected chi connectivity index (χ2v) is 7.61. The van der Waals surface area contributed by atoms with Crippen molar-refractivity contribution in [1.29, 1.82) is 0 Å². The van der Waals surface area contributed by atoms with Gasteiger partial charge in [-0.25, -0.2) is 4.79 Å². The zero-order chi connectivity index (χ0) is 19.2. The number of amides is 2. The number of hydrogen-bond acceptors (Lipinski definition) is 5. The molecule has 2 saturated heterocycles. The maximum atomic E-state index is 12.4. The molecule has 150 valence electrons. The Balaban J connectivity index is 1.22. The van der Waals surface area contributed by atoms with Gasteiger partial charge in [-0.3, -0.25) is 0 Å². The molecule has 0 radical (unpaired) electrons. The second-order valence-electron chi connectivity index (χ2n) is 7.61. The first kappa shape index (κ1) is 18.9. The van der Waals surface area contributed by atoms with Crippen LogP contribution in [0.3, 0.4) is 0 Å². The molecule has 2 aliphatic heterocycles. The molecule has 3 heterocycles. The van der Waals surface area contributed by atoms with Crippen molar-refractivity contribution in [1.82, 2.24) is 20.4 Å². The Morgan fingerprint density at radius 3 is 2.57 bits per heavy atom. The Morgan fingerprint density at radius 2 is 1.82 bits per heavy atom. The van der Waals surface area contributed by atoms with Crippen LogP contribution in [0.1, 0.15) is 54.8 Å². The molecule has 2 aliphatic rings. The van der Waals surface area contributed by atoms with Gasteiger partial charge in [0.1, 0.15) is 0 Å². The molecule has 0 bridgehead atoms. The molecule has 1 N–H and O–H groups in total. The molecule has 0 aliphatic carbocycles. The highest BCUT2D eigenvalue weighted by atomic mass is 16.5. The summed E-state index contributed by atoms with van der Waals surface area (Å²) >= 11 is 0. The molecule has 4 rings (SSSR count). The molecular weight excluding hydrogens is 356 g/mol. The van der Waals surface area contributed by atoms with Gasteiger partial charge in [-0.1, -0.05) is 35.5 Å². The number of benzene rings is 1. The summed E-state index contributed by atoms with van der Waals surface area (Å²) in [5.74, 6) is 2.14. The third kappa shape index (κ3) is 4.70. The summed E-state index contributed by atoms with van der Waals surface area (Å²) in [7, 11) is 0. The van der Waals surface area contributed by atoms with Crippen LogP contribution < -0.4 is 5.32 Å². The third-order valence-electron chi connectivity index (χ3n) is 5.71. The highest BCUT2D eigenvalue weighted by Crippen LogP contribution is 2.30. The summed E-state index contributed by atoms with van der Waals surface area (Å²) in [5.41, 5.74) is 1.23. The first-order valence-electron chi connectivity index (χ1n) is 10.3. The normalized spacial score (nSPS) is 18.9. The van der Waals surface area contributed by atoms with Crippen LogP contribution in [0, 0.1) is 0 Å². The van der Waals surface area contributed by atoms with E-state index < -0.39 is 0 Å². The predicted molar refractivity (Wildman–Crippen MR) is 104 cm³/mol. The number of hydrogen-bond donors (Lipinski definition) is 1. The van der Waals surface area contributed by atoms with Gasteiger partial charge in [-0.2, -0.15) is 4.98 Å². The number of ether oxygens (including phenoxy) is 1. The molecule has 0 atom stereocenters. The van der Waals surface area contributed by atoms with Gasteiger partial charge in [0, 0.05) is 44.7 Å². The van der Waals surface area contributed by atoms with Gasteiger partial charge < -0.3 is 19.5 Å².